The highest BCUT2D eigenvalue weighted by molar-refractivity contribution is 5.78. The summed E-state index contributed by atoms with van der Waals surface area (Å²) in [4.78, 5) is 11.8. The maximum absolute atomic E-state index is 11.8. The van der Waals surface area contributed by atoms with E-state index >= 15 is 0 Å². The molecule has 0 aliphatic heterocycles. The van der Waals surface area contributed by atoms with Crippen LogP contribution >= 0.6 is 0 Å². The first-order chi connectivity index (χ1) is 9.65. The normalized spacial score (nSPS) is 11.7. The highest BCUT2D eigenvalue weighted by Gasteiger charge is 2.09. The summed E-state index contributed by atoms with van der Waals surface area (Å²) < 4.78 is 5.39. The van der Waals surface area contributed by atoms with E-state index in [1.54, 1.807) is 24.3 Å². The van der Waals surface area contributed by atoms with Crippen LogP contribution in [0.25, 0.3) is 0 Å². The molecule has 2 aromatic rings. The van der Waals surface area contributed by atoms with Crippen LogP contribution in [0.5, 0.6) is 5.75 Å². The predicted molar refractivity (Wildman–Crippen MR) is 79.3 cm³/mol. The number of carbonyl (C=O) groups is 1. The van der Waals surface area contributed by atoms with Crippen LogP contribution < -0.4 is 15.8 Å². The molecule has 104 valence electrons. The highest BCUT2D eigenvalue weighted by Crippen LogP contribution is 2.14. The van der Waals surface area contributed by atoms with Gasteiger partial charge in [-0.25, -0.2) is 0 Å². The molecule has 0 aliphatic rings. The number of nitrogens with two attached hydrogens (primary N) is 1. The number of nitrogen functional groups attached to an aromatic ring is 1. The SMILES string of the molecule is C[C@H](NC(=O)COc1cccc(N)c1)c1ccccc1. The number of anilines is 1. The Balaban J connectivity index is 1.84. The summed E-state index contributed by atoms with van der Waals surface area (Å²) in [5, 5.41) is 2.89. The Morgan fingerprint density at radius 2 is 1.95 bits per heavy atom. The largest absolute Gasteiger partial charge is 0.484 e. The van der Waals surface area contributed by atoms with E-state index in [1.165, 1.54) is 0 Å². The Morgan fingerprint density at radius 1 is 1.20 bits per heavy atom. The molecule has 2 rings (SSSR count). The minimum atomic E-state index is -0.163. The van der Waals surface area contributed by atoms with Gasteiger partial charge in [0.25, 0.3) is 5.91 Å². The van der Waals surface area contributed by atoms with E-state index in [0.717, 1.165) is 5.56 Å². The highest BCUT2D eigenvalue weighted by atomic mass is 16.5. The zero-order valence-corrected chi connectivity index (χ0v) is 11.4. The van der Waals surface area contributed by atoms with Crippen LogP contribution in [-0.2, 0) is 4.79 Å². The van der Waals surface area contributed by atoms with Crippen molar-refractivity contribution in [1.29, 1.82) is 0 Å². The van der Waals surface area contributed by atoms with E-state index in [0.29, 0.717) is 11.4 Å². The number of ether oxygens (including phenoxy) is 1. The van der Waals surface area contributed by atoms with Gasteiger partial charge in [-0.2, -0.15) is 0 Å². The summed E-state index contributed by atoms with van der Waals surface area (Å²) in [6.07, 6.45) is 0. The third-order valence-corrected chi connectivity index (χ3v) is 2.91. The average molecular weight is 270 g/mol. The Bertz CT molecular complexity index is 570. The van der Waals surface area contributed by atoms with Crippen LogP contribution in [0.3, 0.4) is 0 Å². The lowest BCUT2D eigenvalue weighted by atomic mass is 10.1. The summed E-state index contributed by atoms with van der Waals surface area (Å²) in [5.41, 5.74) is 7.31. The van der Waals surface area contributed by atoms with E-state index in [4.69, 9.17) is 10.5 Å². The Morgan fingerprint density at radius 3 is 2.65 bits per heavy atom. The molecule has 0 heterocycles. The summed E-state index contributed by atoms with van der Waals surface area (Å²) in [5.74, 6) is 0.427. The van der Waals surface area contributed by atoms with Gasteiger partial charge in [0.2, 0.25) is 0 Å². The first kappa shape index (κ1) is 13.9. The molecule has 0 saturated carbocycles. The van der Waals surface area contributed by atoms with Crippen LogP contribution in [0.1, 0.15) is 18.5 Å². The van der Waals surface area contributed by atoms with Gasteiger partial charge in [0.1, 0.15) is 5.75 Å². The molecule has 2 aromatic carbocycles. The second kappa shape index (κ2) is 6.61. The van der Waals surface area contributed by atoms with Crippen LogP contribution in [0.2, 0.25) is 0 Å². The van der Waals surface area contributed by atoms with Gasteiger partial charge in [0, 0.05) is 11.8 Å². The van der Waals surface area contributed by atoms with Crippen molar-refractivity contribution >= 4 is 11.6 Å². The lowest BCUT2D eigenvalue weighted by molar-refractivity contribution is -0.123. The van der Waals surface area contributed by atoms with Crippen LogP contribution in [0.4, 0.5) is 5.69 Å². The average Bonchev–Trinajstić information content (AvgIpc) is 2.46. The Kier molecular flexibility index (Phi) is 4.60. The monoisotopic (exact) mass is 270 g/mol. The molecule has 0 spiro atoms. The number of amides is 1. The summed E-state index contributed by atoms with van der Waals surface area (Å²) in [6, 6.07) is 16.8. The van der Waals surface area contributed by atoms with Crippen molar-refractivity contribution in [2.45, 2.75) is 13.0 Å². The number of carbonyl (C=O) groups excluding carboxylic acids is 1. The van der Waals surface area contributed by atoms with E-state index in [2.05, 4.69) is 5.32 Å². The number of hydrogen-bond acceptors (Lipinski definition) is 3. The molecule has 0 aromatic heterocycles. The minimum absolute atomic E-state index is 0.0272. The van der Waals surface area contributed by atoms with Gasteiger partial charge in [-0.15, -0.1) is 0 Å². The molecule has 0 unspecified atom stereocenters. The van der Waals surface area contributed by atoms with Gasteiger partial charge in [-0.1, -0.05) is 36.4 Å². The fourth-order valence-electron chi connectivity index (χ4n) is 1.86. The molecule has 3 N–H and O–H groups in total. The predicted octanol–water partition coefficient (Wildman–Crippen LogP) is 2.53. The van der Waals surface area contributed by atoms with Gasteiger partial charge in [-0.3, -0.25) is 4.79 Å². The van der Waals surface area contributed by atoms with Gasteiger partial charge in [-0.05, 0) is 24.6 Å². The second-order valence-electron chi connectivity index (χ2n) is 4.56. The molecule has 0 aliphatic carbocycles. The third kappa shape index (κ3) is 4.02. The molecule has 0 saturated heterocycles. The number of benzene rings is 2. The third-order valence-electron chi connectivity index (χ3n) is 2.91. The van der Waals surface area contributed by atoms with Crippen molar-refractivity contribution in [1.82, 2.24) is 5.32 Å². The lowest BCUT2D eigenvalue weighted by Crippen LogP contribution is -2.31. The van der Waals surface area contributed by atoms with Crippen molar-refractivity contribution in [3.05, 3.63) is 60.2 Å². The molecular weight excluding hydrogens is 252 g/mol. The van der Waals surface area contributed by atoms with E-state index in [1.807, 2.05) is 37.3 Å². The molecule has 0 radical (unpaired) electrons. The number of rotatable bonds is 5. The molecule has 1 atom stereocenters. The van der Waals surface area contributed by atoms with Gasteiger partial charge in [0.15, 0.2) is 6.61 Å². The van der Waals surface area contributed by atoms with Crippen molar-refractivity contribution in [3.63, 3.8) is 0 Å². The standard InChI is InChI=1S/C16H18N2O2/c1-12(13-6-3-2-4-7-13)18-16(19)11-20-15-9-5-8-14(17)10-15/h2-10,12H,11,17H2,1H3,(H,18,19)/t12-/m0/s1. The zero-order valence-electron chi connectivity index (χ0n) is 11.4. The summed E-state index contributed by atoms with van der Waals surface area (Å²) in [7, 11) is 0. The van der Waals surface area contributed by atoms with Gasteiger partial charge < -0.3 is 15.8 Å². The molecule has 0 bridgehead atoms. The molecule has 4 nitrogen and oxygen atoms in total. The van der Waals surface area contributed by atoms with Crippen LogP contribution in [-0.4, -0.2) is 12.5 Å². The molecular formula is C16H18N2O2. The molecule has 1 amide bonds. The van der Waals surface area contributed by atoms with E-state index in [9.17, 15) is 4.79 Å². The smallest absolute Gasteiger partial charge is 0.258 e. The van der Waals surface area contributed by atoms with Crippen molar-refractivity contribution in [2.75, 3.05) is 12.3 Å². The molecule has 4 heteroatoms. The fraction of sp³-hybridized carbons (Fsp3) is 0.188. The van der Waals surface area contributed by atoms with Crippen LogP contribution in [0, 0.1) is 0 Å². The first-order valence-corrected chi connectivity index (χ1v) is 6.48. The van der Waals surface area contributed by atoms with E-state index in [-0.39, 0.29) is 18.6 Å². The summed E-state index contributed by atoms with van der Waals surface area (Å²) >= 11 is 0. The molecule has 0 fully saturated rings. The number of hydrogen-bond donors (Lipinski definition) is 2. The van der Waals surface area contributed by atoms with Gasteiger partial charge in [0.05, 0.1) is 6.04 Å². The maximum Gasteiger partial charge on any atom is 0.258 e. The Labute approximate surface area is 118 Å². The van der Waals surface area contributed by atoms with Gasteiger partial charge >= 0.3 is 0 Å². The maximum atomic E-state index is 11.8. The van der Waals surface area contributed by atoms with Crippen molar-refractivity contribution < 1.29 is 9.53 Å². The lowest BCUT2D eigenvalue weighted by Gasteiger charge is -2.14. The first-order valence-electron chi connectivity index (χ1n) is 6.48. The topological polar surface area (TPSA) is 64.3 Å². The van der Waals surface area contributed by atoms with Crippen molar-refractivity contribution in [3.8, 4) is 5.75 Å². The Hall–Kier alpha value is -2.49. The zero-order chi connectivity index (χ0) is 14.4. The van der Waals surface area contributed by atoms with Crippen molar-refractivity contribution in [2.24, 2.45) is 0 Å². The number of nitrogens with one attached hydrogen (secondary N) is 1. The van der Waals surface area contributed by atoms with Crippen LogP contribution in [0.15, 0.2) is 54.6 Å². The van der Waals surface area contributed by atoms with E-state index < -0.39 is 0 Å². The fourth-order valence-corrected chi connectivity index (χ4v) is 1.86. The summed E-state index contributed by atoms with van der Waals surface area (Å²) in [6.45, 7) is 1.91. The molecule has 20 heavy (non-hydrogen) atoms. The minimum Gasteiger partial charge on any atom is -0.484 e. The quantitative estimate of drug-likeness (QED) is 0.821. The second-order valence-corrected chi connectivity index (χ2v) is 4.56.